The van der Waals surface area contributed by atoms with Gasteiger partial charge < -0.3 is 4.74 Å². The molecule has 0 aliphatic rings. The average molecular weight is 385 g/mol. The van der Waals surface area contributed by atoms with Crippen LogP contribution < -0.4 is 9.44 Å². The van der Waals surface area contributed by atoms with Crippen LogP contribution in [-0.2, 0) is 24.8 Å². The fourth-order valence-corrected chi connectivity index (χ4v) is 4.34. The van der Waals surface area contributed by atoms with Gasteiger partial charge in [0.2, 0.25) is 10.0 Å². The second kappa shape index (κ2) is 7.91. The van der Waals surface area contributed by atoms with Crippen LogP contribution in [0, 0.1) is 0 Å². The molecule has 2 rings (SSSR count). The number of nitrogens with zero attached hydrogens (tertiary/aromatic N) is 1. The zero-order valence-electron chi connectivity index (χ0n) is 13.7. The van der Waals surface area contributed by atoms with Gasteiger partial charge in [-0.15, -0.1) is 0 Å². The molecular weight excluding hydrogens is 366 g/mol. The first-order valence-electron chi connectivity index (χ1n) is 7.29. The van der Waals surface area contributed by atoms with Crippen molar-refractivity contribution in [3.8, 4) is 0 Å². The summed E-state index contributed by atoms with van der Waals surface area (Å²) in [5.74, 6) is 0. The summed E-state index contributed by atoms with van der Waals surface area (Å²) < 4.78 is 58.8. The van der Waals surface area contributed by atoms with Crippen LogP contribution in [0.4, 0.5) is 5.69 Å². The Hall–Kier alpha value is -2.01. The maximum atomic E-state index is 12.3. The summed E-state index contributed by atoms with van der Waals surface area (Å²) >= 11 is 0. The Bertz CT molecular complexity index is 898. The molecule has 0 unspecified atom stereocenters. The molecule has 0 aliphatic heterocycles. The van der Waals surface area contributed by atoms with Crippen LogP contribution in [0.15, 0.2) is 58.6 Å². The Morgan fingerprint density at radius 3 is 2.00 bits per heavy atom. The molecule has 1 heterocycles. The maximum absolute atomic E-state index is 12.3. The van der Waals surface area contributed by atoms with Crippen molar-refractivity contribution in [3.05, 3.63) is 48.8 Å². The van der Waals surface area contributed by atoms with Gasteiger partial charge in [0.25, 0.3) is 10.0 Å². The first kappa shape index (κ1) is 19.3. The van der Waals surface area contributed by atoms with E-state index in [1.54, 1.807) is 6.92 Å². The van der Waals surface area contributed by atoms with Crippen molar-refractivity contribution >= 4 is 25.7 Å². The molecule has 136 valence electrons. The van der Waals surface area contributed by atoms with E-state index in [1.165, 1.54) is 55.9 Å². The normalized spacial score (nSPS) is 13.4. The summed E-state index contributed by atoms with van der Waals surface area (Å²) in [5, 5.41) is 0. The lowest BCUT2D eigenvalue weighted by molar-refractivity contribution is 0.180. The van der Waals surface area contributed by atoms with E-state index in [2.05, 4.69) is 14.4 Å². The Balaban J connectivity index is 2.19. The van der Waals surface area contributed by atoms with Crippen molar-refractivity contribution in [1.82, 2.24) is 9.71 Å². The molecule has 0 saturated heterocycles. The third kappa shape index (κ3) is 5.23. The molecule has 1 aromatic heterocycles. The Kier molecular flexibility index (Phi) is 6.11. The fourth-order valence-electron chi connectivity index (χ4n) is 2.05. The minimum atomic E-state index is -3.82. The first-order chi connectivity index (χ1) is 11.7. The van der Waals surface area contributed by atoms with Gasteiger partial charge in [-0.25, -0.2) is 21.6 Å². The minimum Gasteiger partial charge on any atom is -0.383 e. The summed E-state index contributed by atoms with van der Waals surface area (Å²) in [6, 6.07) is 7.56. The highest BCUT2D eigenvalue weighted by Crippen LogP contribution is 2.18. The molecule has 1 atom stereocenters. The van der Waals surface area contributed by atoms with Crippen LogP contribution in [0.25, 0.3) is 0 Å². The summed E-state index contributed by atoms with van der Waals surface area (Å²) in [6.45, 7) is 1.89. The number of rotatable bonds is 8. The molecule has 0 spiro atoms. The third-order valence-corrected chi connectivity index (χ3v) is 6.15. The Morgan fingerprint density at radius 1 is 0.960 bits per heavy atom. The Labute approximate surface area is 147 Å². The number of hydrogen-bond donors (Lipinski definition) is 2. The zero-order valence-corrected chi connectivity index (χ0v) is 15.3. The number of nitrogens with one attached hydrogen (secondary N) is 2. The summed E-state index contributed by atoms with van der Waals surface area (Å²) in [7, 11) is -6.10. The molecule has 25 heavy (non-hydrogen) atoms. The number of sulfonamides is 2. The van der Waals surface area contributed by atoms with Gasteiger partial charge in [0.05, 0.1) is 22.1 Å². The van der Waals surface area contributed by atoms with Crippen molar-refractivity contribution in [2.75, 3.05) is 18.4 Å². The van der Waals surface area contributed by atoms with E-state index in [0.717, 1.165) is 0 Å². The van der Waals surface area contributed by atoms with Crippen molar-refractivity contribution < 1.29 is 21.6 Å². The number of hydrogen-bond acceptors (Lipinski definition) is 6. The molecule has 2 N–H and O–H groups in total. The molecular formula is C15H19N3O5S2. The monoisotopic (exact) mass is 385 g/mol. The predicted molar refractivity (Wildman–Crippen MR) is 93.1 cm³/mol. The molecule has 0 amide bonds. The van der Waals surface area contributed by atoms with Gasteiger partial charge in [-0.3, -0.25) is 9.71 Å². The number of benzene rings is 1. The summed E-state index contributed by atoms with van der Waals surface area (Å²) in [4.78, 5) is 3.73. The lowest BCUT2D eigenvalue weighted by Crippen LogP contribution is -2.35. The van der Waals surface area contributed by atoms with Crippen LogP contribution in [-0.4, -0.2) is 41.6 Å². The maximum Gasteiger partial charge on any atom is 0.261 e. The van der Waals surface area contributed by atoms with E-state index in [1.807, 2.05) is 0 Å². The van der Waals surface area contributed by atoms with E-state index in [4.69, 9.17) is 4.74 Å². The fraction of sp³-hybridized carbons (Fsp3) is 0.267. The van der Waals surface area contributed by atoms with Gasteiger partial charge in [-0.1, -0.05) is 0 Å². The number of ether oxygens (including phenoxy) is 1. The predicted octanol–water partition coefficient (Wildman–Crippen LogP) is 1.20. The second-order valence-corrected chi connectivity index (χ2v) is 8.69. The van der Waals surface area contributed by atoms with Gasteiger partial charge >= 0.3 is 0 Å². The molecule has 0 saturated carbocycles. The average Bonchev–Trinajstić information content (AvgIpc) is 2.55. The highest BCUT2D eigenvalue weighted by molar-refractivity contribution is 7.92. The highest BCUT2D eigenvalue weighted by Gasteiger charge is 2.19. The second-order valence-electron chi connectivity index (χ2n) is 5.29. The van der Waals surface area contributed by atoms with Gasteiger partial charge in [-0.2, -0.15) is 0 Å². The number of aromatic nitrogens is 1. The zero-order chi connectivity index (χ0) is 18.5. The summed E-state index contributed by atoms with van der Waals surface area (Å²) in [6.07, 6.45) is 2.92. The summed E-state index contributed by atoms with van der Waals surface area (Å²) in [5.41, 5.74) is 0.363. The van der Waals surface area contributed by atoms with Crippen LogP contribution in [0.1, 0.15) is 6.92 Å². The molecule has 8 nitrogen and oxygen atoms in total. The Morgan fingerprint density at radius 2 is 1.48 bits per heavy atom. The quantitative estimate of drug-likeness (QED) is 0.706. The van der Waals surface area contributed by atoms with Gasteiger partial charge in [-0.05, 0) is 43.3 Å². The third-order valence-electron chi connectivity index (χ3n) is 3.15. The largest absolute Gasteiger partial charge is 0.383 e. The lowest BCUT2D eigenvalue weighted by Gasteiger charge is -2.13. The van der Waals surface area contributed by atoms with E-state index in [0.29, 0.717) is 5.69 Å². The molecule has 0 aliphatic carbocycles. The van der Waals surface area contributed by atoms with Crippen molar-refractivity contribution in [3.63, 3.8) is 0 Å². The minimum absolute atomic E-state index is 0.0293. The topological polar surface area (TPSA) is 114 Å². The van der Waals surface area contributed by atoms with Crippen LogP contribution in [0.2, 0.25) is 0 Å². The molecule has 2 aromatic rings. The van der Waals surface area contributed by atoms with Crippen LogP contribution in [0.5, 0.6) is 0 Å². The van der Waals surface area contributed by atoms with Gasteiger partial charge in [0.1, 0.15) is 0 Å². The highest BCUT2D eigenvalue weighted by atomic mass is 32.2. The van der Waals surface area contributed by atoms with Crippen LogP contribution in [0.3, 0.4) is 0 Å². The number of pyridine rings is 1. The smallest absolute Gasteiger partial charge is 0.261 e. The van der Waals surface area contributed by atoms with Crippen molar-refractivity contribution in [1.29, 1.82) is 0 Å². The number of anilines is 1. The first-order valence-corrected chi connectivity index (χ1v) is 10.3. The molecule has 0 fully saturated rings. The van der Waals surface area contributed by atoms with E-state index >= 15 is 0 Å². The van der Waals surface area contributed by atoms with E-state index in [9.17, 15) is 16.8 Å². The van der Waals surface area contributed by atoms with Crippen molar-refractivity contribution in [2.45, 2.75) is 22.8 Å². The standard InChI is InChI=1S/C15H19N3O5S2/c1-12(11-23-2)17-24(19,20)14-3-5-15(6-4-14)25(21,22)18-13-7-9-16-10-8-13/h3-10,12,17H,11H2,1-2H3,(H,16,18)/t12-/m0/s1. The molecule has 0 radical (unpaired) electrons. The SMILES string of the molecule is COC[C@H](C)NS(=O)(=O)c1ccc(S(=O)(=O)Nc2ccncc2)cc1. The van der Waals surface area contributed by atoms with Gasteiger partial charge in [0.15, 0.2) is 0 Å². The van der Waals surface area contributed by atoms with Crippen LogP contribution >= 0.6 is 0 Å². The van der Waals surface area contributed by atoms with E-state index < -0.39 is 26.1 Å². The molecule has 10 heteroatoms. The molecule has 0 bridgehead atoms. The number of methoxy groups -OCH3 is 1. The van der Waals surface area contributed by atoms with Gasteiger partial charge in [0, 0.05) is 25.5 Å². The van der Waals surface area contributed by atoms with Crippen molar-refractivity contribution in [2.24, 2.45) is 0 Å². The molecule has 1 aromatic carbocycles. The lowest BCUT2D eigenvalue weighted by atomic mass is 10.4. The van der Waals surface area contributed by atoms with E-state index in [-0.39, 0.29) is 16.4 Å².